The molecule has 9 heteroatoms. The molecule has 0 spiro atoms. The number of aromatic nitrogens is 1. The summed E-state index contributed by atoms with van der Waals surface area (Å²) >= 11 is 0. The van der Waals surface area contributed by atoms with E-state index in [1.165, 1.54) is 18.4 Å². The number of alkyl halides is 3. The van der Waals surface area contributed by atoms with Gasteiger partial charge in [0.2, 0.25) is 0 Å². The average molecular weight is 407 g/mol. The van der Waals surface area contributed by atoms with E-state index in [0.29, 0.717) is 33.1 Å². The third-order valence-electron chi connectivity index (χ3n) is 4.16. The maximum Gasteiger partial charge on any atom is 0.573 e. The van der Waals surface area contributed by atoms with E-state index in [9.17, 15) is 22.6 Å². The molecule has 28 heavy (non-hydrogen) atoms. The van der Waals surface area contributed by atoms with Crippen LogP contribution in [-0.2, 0) is 22.8 Å². The van der Waals surface area contributed by atoms with E-state index >= 15 is 0 Å². The van der Waals surface area contributed by atoms with Gasteiger partial charge in [0, 0.05) is 30.3 Å². The highest BCUT2D eigenvalue weighted by Gasteiger charge is 2.31. The molecule has 1 aromatic heterocycles. The molecular formula is C19H16F3N3O2S. The lowest BCUT2D eigenvalue weighted by molar-refractivity contribution is -0.302. The molecule has 0 aliphatic heterocycles. The van der Waals surface area contributed by atoms with Crippen LogP contribution in [0, 0.1) is 11.3 Å². The van der Waals surface area contributed by atoms with Gasteiger partial charge in [0.05, 0.1) is 16.6 Å². The fraction of sp³-hybridized carbons (Fsp3) is 0.211. The van der Waals surface area contributed by atoms with Crippen LogP contribution in [0.4, 0.5) is 18.9 Å². The molecule has 146 valence electrons. The molecule has 1 unspecified atom stereocenters. The molecule has 1 atom stereocenters. The van der Waals surface area contributed by atoms with Gasteiger partial charge >= 0.3 is 6.36 Å². The van der Waals surface area contributed by atoms with Crippen LogP contribution < -0.4 is 15.3 Å². The van der Waals surface area contributed by atoms with Crippen molar-refractivity contribution in [3.05, 3.63) is 52.2 Å². The van der Waals surface area contributed by atoms with Gasteiger partial charge in [-0.05, 0) is 30.2 Å². The molecule has 5 nitrogen and oxygen atoms in total. The normalized spacial score (nSPS) is 14.5. The smallest absolute Gasteiger partial charge is 0.406 e. The second-order valence-electron chi connectivity index (χ2n) is 6.07. The second-order valence-corrected chi connectivity index (χ2v) is 7.18. The number of hydrogen-bond acceptors (Lipinski definition) is 3. The van der Waals surface area contributed by atoms with E-state index in [0.717, 1.165) is 0 Å². The SMILES string of the molecule is Cn1c(-c2ccc(NS(C)=O)cc2)c(C#N)c2c1=CC(OC(F)(F)F)=CCC=2. The number of allylic oxidation sites excluding steroid dienone is 2. The zero-order valence-corrected chi connectivity index (χ0v) is 15.8. The van der Waals surface area contributed by atoms with Crippen LogP contribution in [0.3, 0.4) is 0 Å². The number of fused-ring (bicyclic) bond motifs is 1. The van der Waals surface area contributed by atoms with Crippen molar-refractivity contribution in [2.45, 2.75) is 12.8 Å². The number of ether oxygens (including phenoxy) is 1. The summed E-state index contributed by atoms with van der Waals surface area (Å²) in [5.41, 5.74) is 2.32. The van der Waals surface area contributed by atoms with E-state index in [1.54, 1.807) is 42.0 Å². The molecule has 1 aromatic carbocycles. The van der Waals surface area contributed by atoms with Crippen molar-refractivity contribution in [1.29, 1.82) is 5.26 Å². The molecule has 3 rings (SSSR count). The van der Waals surface area contributed by atoms with Gasteiger partial charge in [-0.2, -0.15) is 5.26 Å². The van der Waals surface area contributed by atoms with Gasteiger partial charge in [0.1, 0.15) is 22.8 Å². The number of hydrogen-bond donors (Lipinski definition) is 1. The molecule has 2 aromatic rings. The summed E-state index contributed by atoms with van der Waals surface area (Å²) in [6.45, 7) is 0. The average Bonchev–Trinajstić information content (AvgIpc) is 2.74. The van der Waals surface area contributed by atoms with Crippen LogP contribution >= 0.6 is 0 Å². The Hall–Kier alpha value is -2.99. The number of halogens is 3. The first kappa shape index (κ1) is 19.8. The maximum atomic E-state index is 12.6. The van der Waals surface area contributed by atoms with Gasteiger partial charge in [-0.1, -0.05) is 18.2 Å². The lowest BCUT2D eigenvalue weighted by Gasteiger charge is -2.10. The summed E-state index contributed by atoms with van der Waals surface area (Å²) < 4.78 is 57.6. The minimum Gasteiger partial charge on any atom is -0.406 e. The van der Waals surface area contributed by atoms with Gasteiger partial charge in [-0.25, -0.2) is 4.21 Å². The number of nitrogens with zero attached hydrogens (tertiary/aromatic N) is 2. The number of benzene rings is 1. The zero-order chi connectivity index (χ0) is 20.5. The molecule has 1 aliphatic rings. The second kappa shape index (κ2) is 7.56. The topological polar surface area (TPSA) is 67.0 Å². The van der Waals surface area contributed by atoms with Gasteiger partial charge < -0.3 is 14.0 Å². The summed E-state index contributed by atoms with van der Waals surface area (Å²) in [5, 5.41) is 10.7. The molecular weight excluding hydrogens is 391 g/mol. The summed E-state index contributed by atoms with van der Waals surface area (Å²) in [4.78, 5) is 0. The van der Waals surface area contributed by atoms with Crippen molar-refractivity contribution in [3.63, 3.8) is 0 Å². The third-order valence-corrected chi connectivity index (χ3v) is 4.69. The molecule has 1 heterocycles. The minimum absolute atomic E-state index is 0.207. The van der Waals surface area contributed by atoms with Crippen molar-refractivity contribution in [3.8, 4) is 17.3 Å². The fourth-order valence-corrected chi connectivity index (χ4v) is 3.58. The Balaban J connectivity index is 2.14. The first-order valence-electron chi connectivity index (χ1n) is 8.16. The molecule has 1 N–H and O–H groups in total. The van der Waals surface area contributed by atoms with Crippen molar-refractivity contribution >= 4 is 28.8 Å². The first-order valence-corrected chi connectivity index (χ1v) is 9.72. The highest BCUT2D eigenvalue weighted by Crippen LogP contribution is 2.25. The van der Waals surface area contributed by atoms with E-state index < -0.39 is 17.3 Å². The quantitative estimate of drug-likeness (QED) is 0.848. The Morgan fingerprint density at radius 1 is 1.25 bits per heavy atom. The number of anilines is 1. The van der Waals surface area contributed by atoms with Crippen LogP contribution in [0.2, 0.25) is 0 Å². The number of rotatable bonds is 4. The molecule has 0 saturated heterocycles. The fourth-order valence-electron chi connectivity index (χ4n) is 3.11. The zero-order valence-electron chi connectivity index (χ0n) is 15.0. The van der Waals surface area contributed by atoms with Gasteiger partial charge in [0.25, 0.3) is 0 Å². The van der Waals surface area contributed by atoms with Crippen LogP contribution in [0.15, 0.2) is 36.1 Å². The predicted molar refractivity (Wildman–Crippen MR) is 101 cm³/mol. The van der Waals surface area contributed by atoms with Crippen molar-refractivity contribution < 1.29 is 22.1 Å². The lowest BCUT2D eigenvalue weighted by Crippen LogP contribution is -2.29. The Morgan fingerprint density at radius 3 is 2.50 bits per heavy atom. The predicted octanol–water partition coefficient (Wildman–Crippen LogP) is 2.65. The Bertz CT molecular complexity index is 1120. The Kier molecular flexibility index (Phi) is 5.34. The lowest BCUT2D eigenvalue weighted by atomic mass is 10.1. The molecule has 1 aliphatic carbocycles. The largest absolute Gasteiger partial charge is 0.573 e. The van der Waals surface area contributed by atoms with Gasteiger partial charge in [0.15, 0.2) is 0 Å². The standard InChI is InChI=1S/C19H16F3N3O2S/c1-25-17-10-14(27-19(20,21)22)4-3-5-15(17)16(11-23)18(25)12-6-8-13(9-7-12)24-28(2)26/h4-10,24H,3H2,1-2H3. The van der Waals surface area contributed by atoms with E-state index in [2.05, 4.69) is 15.5 Å². The van der Waals surface area contributed by atoms with Gasteiger partial charge in [-0.15, -0.1) is 13.2 Å². The van der Waals surface area contributed by atoms with Crippen molar-refractivity contribution in [2.75, 3.05) is 11.0 Å². The summed E-state index contributed by atoms with van der Waals surface area (Å²) in [6, 6.07) is 9.12. The Morgan fingerprint density at radius 2 is 1.93 bits per heavy atom. The van der Waals surface area contributed by atoms with Gasteiger partial charge in [-0.3, -0.25) is 0 Å². The molecule has 0 fully saturated rings. The summed E-state index contributed by atoms with van der Waals surface area (Å²) in [5.74, 6) is -0.316. The molecule has 0 saturated carbocycles. The number of nitriles is 1. The Labute approximate surface area is 161 Å². The van der Waals surface area contributed by atoms with E-state index in [-0.39, 0.29) is 12.2 Å². The highest BCUT2D eigenvalue weighted by molar-refractivity contribution is 7.85. The van der Waals surface area contributed by atoms with Crippen molar-refractivity contribution in [1.82, 2.24) is 4.57 Å². The van der Waals surface area contributed by atoms with Crippen LogP contribution in [0.1, 0.15) is 12.0 Å². The van der Waals surface area contributed by atoms with Crippen LogP contribution in [0.25, 0.3) is 23.4 Å². The monoisotopic (exact) mass is 407 g/mol. The summed E-state index contributed by atoms with van der Waals surface area (Å²) in [6.07, 6.45) is 1.23. The van der Waals surface area contributed by atoms with E-state index in [4.69, 9.17) is 0 Å². The summed E-state index contributed by atoms with van der Waals surface area (Å²) in [7, 11) is 0.467. The molecule has 0 amide bonds. The highest BCUT2D eigenvalue weighted by atomic mass is 32.2. The third kappa shape index (κ3) is 4.12. The van der Waals surface area contributed by atoms with E-state index in [1.807, 2.05) is 0 Å². The number of nitrogens with one attached hydrogen (secondary N) is 1. The van der Waals surface area contributed by atoms with Crippen molar-refractivity contribution in [2.24, 2.45) is 7.05 Å². The molecule has 0 bridgehead atoms. The minimum atomic E-state index is -4.79. The first-order chi connectivity index (χ1) is 13.2. The van der Waals surface area contributed by atoms with Crippen LogP contribution in [-0.4, -0.2) is 21.4 Å². The molecule has 0 radical (unpaired) electrons. The van der Waals surface area contributed by atoms with Crippen LogP contribution in [0.5, 0.6) is 0 Å². The maximum absolute atomic E-state index is 12.6.